The highest BCUT2D eigenvalue weighted by atomic mass is 79.9. The average molecular weight is 266 g/mol. The molecular weight excluding hydrogens is 264 g/mol. The predicted molar refractivity (Wildman–Crippen MR) is 46.1 cm³/mol. The zero-order valence-electron chi connectivity index (χ0n) is 6.46. The summed E-state index contributed by atoms with van der Waals surface area (Å²) < 4.78 is 25.2. The van der Waals surface area contributed by atoms with Crippen molar-refractivity contribution >= 4 is 27.9 Å². The highest BCUT2D eigenvalue weighted by Crippen LogP contribution is 2.30. The minimum atomic E-state index is -1.44. The summed E-state index contributed by atoms with van der Waals surface area (Å²) in [5.74, 6) is -2.85. The van der Waals surface area contributed by atoms with Gasteiger partial charge in [-0.1, -0.05) is 0 Å². The maximum Gasteiger partial charge on any atom is 0.287 e. The summed E-state index contributed by atoms with van der Waals surface area (Å²) in [4.78, 5) is 19.6. The van der Waals surface area contributed by atoms with Crippen LogP contribution in [0.15, 0.2) is 10.5 Å². The molecule has 1 aromatic rings. The summed E-state index contributed by atoms with van der Waals surface area (Å²) in [6.45, 7) is 0. The fraction of sp³-hybridized carbons (Fsp3) is 0. The molecule has 0 radical (unpaired) electrons. The van der Waals surface area contributed by atoms with Gasteiger partial charge in [0.05, 0.1) is 10.5 Å². The number of nitro groups is 1. The van der Waals surface area contributed by atoms with E-state index < -0.39 is 32.3 Å². The molecule has 0 N–H and O–H groups in total. The van der Waals surface area contributed by atoms with E-state index in [1.807, 2.05) is 0 Å². The number of rotatable bonds is 2. The number of halogens is 3. The Balaban J connectivity index is 3.56. The van der Waals surface area contributed by atoms with E-state index >= 15 is 0 Å². The maximum absolute atomic E-state index is 12.9. The van der Waals surface area contributed by atoms with Crippen LogP contribution in [0.25, 0.3) is 0 Å². The molecule has 0 aliphatic heterocycles. The van der Waals surface area contributed by atoms with Crippen molar-refractivity contribution in [2.45, 2.75) is 0 Å². The van der Waals surface area contributed by atoms with Crippen LogP contribution in [0.4, 0.5) is 14.5 Å². The summed E-state index contributed by atoms with van der Waals surface area (Å²) in [5, 5.41) is 10.3. The van der Waals surface area contributed by atoms with Crippen LogP contribution >= 0.6 is 15.9 Å². The van der Waals surface area contributed by atoms with Crippen molar-refractivity contribution in [3.63, 3.8) is 0 Å². The van der Waals surface area contributed by atoms with Gasteiger partial charge in [-0.25, -0.2) is 8.78 Å². The van der Waals surface area contributed by atoms with Crippen LogP contribution in [0.5, 0.6) is 0 Å². The second-order valence-electron chi connectivity index (χ2n) is 2.30. The molecule has 0 saturated heterocycles. The van der Waals surface area contributed by atoms with E-state index in [9.17, 15) is 23.7 Å². The Morgan fingerprint density at radius 3 is 2.43 bits per heavy atom. The average Bonchev–Trinajstić information content (AvgIpc) is 2.14. The SMILES string of the molecule is O=Cc1cc([N+](=O)[O-])c(Br)c(F)c1F. The van der Waals surface area contributed by atoms with Gasteiger partial charge < -0.3 is 0 Å². The third-order valence-electron chi connectivity index (χ3n) is 1.48. The topological polar surface area (TPSA) is 60.2 Å². The standard InChI is InChI=1S/C7H2BrF2NO3/c8-5-4(11(13)14)1-3(2-12)6(9)7(5)10/h1-2H. The second kappa shape index (κ2) is 3.79. The lowest BCUT2D eigenvalue weighted by Crippen LogP contribution is -1.99. The number of benzene rings is 1. The second-order valence-corrected chi connectivity index (χ2v) is 3.09. The van der Waals surface area contributed by atoms with E-state index in [2.05, 4.69) is 15.9 Å². The van der Waals surface area contributed by atoms with Crippen molar-refractivity contribution < 1.29 is 18.5 Å². The summed E-state index contributed by atoms with van der Waals surface area (Å²) >= 11 is 2.52. The maximum atomic E-state index is 12.9. The molecule has 1 rings (SSSR count). The zero-order valence-corrected chi connectivity index (χ0v) is 8.05. The first-order valence-corrected chi connectivity index (χ1v) is 4.05. The van der Waals surface area contributed by atoms with Crippen LogP contribution in [-0.4, -0.2) is 11.2 Å². The number of carbonyl (C=O) groups excluding carboxylic acids is 1. The Hall–Kier alpha value is -1.37. The monoisotopic (exact) mass is 265 g/mol. The molecule has 7 heteroatoms. The van der Waals surface area contributed by atoms with E-state index in [1.165, 1.54) is 0 Å². The highest BCUT2D eigenvalue weighted by molar-refractivity contribution is 9.10. The van der Waals surface area contributed by atoms with Crippen LogP contribution < -0.4 is 0 Å². The first kappa shape index (κ1) is 10.7. The molecule has 0 unspecified atom stereocenters. The van der Waals surface area contributed by atoms with Gasteiger partial charge >= 0.3 is 0 Å². The van der Waals surface area contributed by atoms with E-state index in [4.69, 9.17) is 0 Å². The van der Waals surface area contributed by atoms with Crippen LogP contribution in [0.1, 0.15) is 10.4 Å². The van der Waals surface area contributed by atoms with Crippen molar-refractivity contribution in [3.8, 4) is 0 Å². The van der Waals surface area contributed by atoms with Crippen molar-refractivity contribution in [2.24, 2.45) is 0 Å². The largest absolute Gasteiger partial charge is 0.298 e. The fourth-order valence-corrected chi connectivity index (χ4v) is 1.26. The summed E-state index contributed by atoms with van der Waals surface area (Å²) in [5.41, 5.74) is -1.37. The normalized spacial score (nSPS) is 9.93. The molecule has 0 aromatic heterocycles. The minimum Gasteiger partial charge on any atom is -0.298 e. The molecule has 0 atom stereocenters. The Bertz CT molecular complexity index is 422. The Morgan fingerprint density at radius 1 is 1.43 bits per heavy atom. The molecular formula is C7H2BrF2NO3. The van der Waals surface area contributed by atoms with Crippen molar-refractivity contribution in [3.05, 3.63) is 37.9 Å². The molecule has 0 spiro atoms. The summed E-state index contributed by atoms with van der Waals surface area (Å²) in [6, 6.07) is 0.662. The fourth-order valence-electron chi connectivity index (χ4n) is 0.828. The van der Waals surface area contributed by atoms with Gasteiger partial charge in [-0.15, -0.1) is 0 Å². The minimum absolute atomic E-state index is 0.0118. The van der Waals surface area contributed by atoms with Gasteiger partial charge in [0.2, 0.25) is 0 Å². The van der Waals surface area contributed by atoms with E-state index in [0.717, 1.165) is 0 Å². The van der Waals surface area contributed by atoms with E-state index in [-0.39, 0.29) is 6.29 Å². The number of aldehydes is 1. The molecule has 0 aliphatic carbocycles. The summed E-state index contributed by atoms with van der Waals surface area (Å²) in [7, 11) is 0. The lowest BCUT2D eigenvalue weighted by molar-refractivity contribution is -0.385. The van der Waals surface area contributed by atoms with Gasteiger partial charge in [0.15, 0.2) is 17.9 Å². The van der Waals surface area contributed by atoms with Crippen molar-refractivity contribution in [1.29, 1.82) is 0 Å². The molecule has 4 nitrogen and oxygen atoms in total. The van der Waals surface area contributed by atoms with Gasteiger partial charge in [0.1, 0.15) is 4.47 Å². The lowest BCUT2D eigenvalue weighted by atomic mass is 10.2. The molecule has 74 valence electrons. The van der Waals surface area contributed by atoms with Crippen LogP contribution in [0.2, 0.25) is 0 Å². The van der Waals surface area contributed by atoms with E-state index in [1.54, 1.807) is 0 Å². The smallest absolute Gasteiger partial charge is 0.287 e. The highest BCUT2D eigenvalue weighted by Gasteiger charge is 2.23. The van der Waals surface area contributed by atoms with Crippen LogP contribution in [0.3, 0.4) is 0 Å². The number of hydrogen-bond donors (Lipinski definition) is 0. The predicted octanol–water partition coefficient (Wildman–Crippen LogP) is 2.45. The number of nitro benzene ring substituents is 1. The van der Waals surface area contributed by atoms with Crippen LogP contribution in [-0.2, 0) is 0 Å². The quantitative estimate of drug-likeness (QED) is 0.357. The molecule has 0 aliphatic rings. The van der Waals surface area contributed by atoms with Gasteiger partial charge in [-0.05, 0) is 15.9 Å². The Kier molecular flexibility index (Phi) is 2.90. The zero-order chi connectivity index (χ0) is 10.9. The summed E-state index contributed by atoms with van der Waals surface area (Å²) in [6.07, 6.45) is 0.0118. The van der Waals surface area contributed by atoms with E-state index in [0.29, 0.717) is 6.07 Å². The molecule has 0 heterocycles. The Morgan fingerprint density at radius 2 is 2.00 bits per heavy atom. The van der Waals surface area contributed by atoms with Gasteiger partial charge in [-0.3, -0.25) is 14.9 Å². The number of hydrogen-bond acceptors (Lipinski definition) is 3. The molecule has 0 fully saturated rings. The first-order chi connectivity index (χ1) is 6.49. The number of nitrogens with zero attached hydrogens (tertiary/aromatic N) is 1. The third-order valence-corrected chi connectivity index (χ3v) is 2.23. The van der Waals surface area contributed by atoms with Gasteiger partial charge in [0.25, 0.3) is 5.69 Å². The van der Waals surface area contributed by atoms with Crippen LogP contribution in [0, 0.1) is 21.7 Å². The molecule has 0 amide bonds. The number of carbonyl (C=O) groups is 1. The molecule has 0 bridgehead atoms. The van der Waals surface area contributed by atoms with Crippen molar-refractivity contribution in [2.75, 3.05) is 0 Å². The molecule has 1 aromatic carbocycles. The molecule has 0 saturated carbocycles. The first-order valence-electron chi connectivity index (χ1n) is 3.26. The lowest BCUT2D eigenvalue weighted by Gasteiger charge is -2.00. The molecule has 14 heavy (non-hydrogen) atoms. The van der Waals surface area contributed by atoms with Gasteiger partial charge in [0, 0.05) is 6.07 Å². The third kappa shape index (κ3) is 1.63. The van der Waals surface area contributed by atoms with Gasteiger partial charge in [-0.2, -0.15) is 0 Å². The Labute approximate surface area is 84.8 Å². The van der Waals surface area contributed by atoms with Crippen molar-refractivity contribution in [1.82, 2.24) is 0 Å².